The second-order valence-electron chi connectivity index (χ2n) is 7.21. The number of hydrogen-bond acceptors (Lipinski definition) is 5. The topological polar surface area (TPSA) is 76.7 Å². The highest BCUT2D eigenvalue weighted by molar-refractivity contribution is 7.12. The van der Waals surface area contributed by atoms with Gasteiger partial charge in [-0.3, -0.25) is 9.59 Å². The maximum Gasteiger partial charge on any atom is 0.261 e. The van der Waals surface area contributed by atoms with Gasteiger partial charge in [0.1, 0.15) is 0 Å². The van der Waals surface area contributed by atoms with Crippen LogP contribution < -0.4 is 20.1 Å². The first kappa shape index (κ1) is 21.2. The van der Waals surface area contributed by atoms with Crippen molar-refractivity contribution in [1.29, 1.82) is 0 Å². The van der Waals surface area contributed by atoms with Crippen molar-refractivity contribution in [2.75, 3.05) is 13.7 Å². The monoisotopic (exact) mass is 416 g/mol. The number of thiophene rings is 1. The van der Waals surface area contributed by atoms with Gasteiger partial charge < -0.3 is 20.1 Å². The van der Waals surface area contributed by atoms with E-state index in [2.05, 4.69) is 10.6 Å². The van der Waals surface area contributed by atoms with Gasteiger partial charge in [0.2, 0.25) is 5.91 Å². The summed E-state index contributed by atoms with van der Waals surface area (Å²) in [6, 6.07) is 9.19. The first-order chi connectivity index (χ1) is 14.1. The third-order valence-electron chi connectivity index (χ3n) is 5.04. The molecule has 2 N–H and O–H groups in total. The Bertz CT molecular complexity index is 816. The van der Waals surface area contributed by atoms with E-state index in [1.54, 1.807) is 13.2 Å². The van der Waals surface area contributed by atoms with Gasteiger partial charge in [0.15, 0.2) is 11.5 Å². The number of hydrogen-bond donors (Lipinski definition) is 2. The lowest BCUT2D eigenvalue weighted by Crippen LogP contribution is -2.31. The molecule has 1 fully saturated rings. The second kappa shape index (κ2) is 10.3. The number of nitrogens with one attached hydrogen (secondary N) is 2. The number of amides is 2. The fourth-order valence-corrected chi connectivity index (χ4v) is 4.06. The fraction of sp³-hybridized carbons (Fsp3) is 0.455. The maximum absolute atomic E-state index is 12.2. The molecule has 6 nitrogen and oxygen atoms in total. The van der Waals surface area contributed by atoms with E-state index < -0.39 is 0 Å². The Morgan fingerprint density at radius 2 is 2.00 bits per heavy atom. The highest BCUT2D eigenvalue weighted by Crippen LogP contribution is 2.33. The molecule has 1 heterocycles. The van der Waals surface area contributed by atoms with Crippen molar-refractivity contribution in [2.45, 2.75) is 51.2 Å². The van der Waals surface area contributed by atoms with Crippen LogP contribution in [0.25, 0.3) is 0 Å². The Hall–Kier alpha value is -2.54. The van der Waals surface area contributed by atoms with Gasteiger partial charge in [-0.25, -0.2) is 0 Å². The first-order valence-corrected chi connectivity index (χ1v) is 10.9. The number of ether oxygens (including phenoxy) is 2. The lowest BCUT2D eigenvalue weighted by molar-refractivity contribution is -0.121. The molecule has 1 saturated carbocycles. The standard InChI is InChI=1S/C22H28N2O4S/c1-15(24-21(25)11-12-23-22(26)20-8-5-13-29-20)16-9-10-18(19(14-16)27-2)28-17-6-3-4-7-17/h5,8-10,13-15,17H,3-4,6-7,11-12H2,1-2H3,(H,23,26)(H,24,25). The molecule has 1 aromatic heterocycles. The molecule has 156 valence electrons. The fourth-order valence-electron chi connectivity index (χ4n) is 3.42. The van der Waals surface area contributed by atoms with E-state index >= 15 is 0 Å². The summed E-state index contributed by atoms with van der Waals surface area (Å²) < 4.78 is 11.6. The van der Waals surface area contributed by atoms with Crippen LogP contribution in [-0.4, -0.2) is 31.6 Å². The van der Waals surface area contributed by atoms with Crippen LogP contribution >= 0.6 is 11.3 Å². The minimum Gasteiger partial charge on any atom is -0.493 e. The molecule has 1 atom stereocenters. The van der Waals surface area contributed by atoms with E-state index in [4.69, 9.17) is 9.47 Å². The van der Waals surface area contributed by atoms with Crippen molar-refractivity contribution in [1.82, 2.24) is 10.6 Å². The minimum absolute atomic E-state index is 0.116. The van der Waals surface area contributed by atoms with E-state index in [-0.39, 0.29) is 30.4 Å². The van der Waals surface area contributed by atoms with Crippen LogP contribution in [0.2, 0.25) is 0 Å². The molecule has 7 heteroatoms. The summed E-state index contributed by atoms with van der Waals surface area (Å²) >= 11 is 1.38. The van der Waals surface area contributed by atoms with Gasteiger partial charge in [-0.05, 0) is 61.7 Å². The molecule has 1 aliphatic carbocycles. The highest BCUT2D eigenvalue weighted by atomic mass is 32.1. The summed E-state index contributed by atoms with van der Waals surface area (Å²) in [6.07, 6.45) is 5.07. The van der Waals surface area contributed by atoms with E-state index in [0.717, 1.165) is 24.2 Å². The molecule has 2 aromatic rings. The number of rotatable bonds is 9. The SMILES string of the molecule is COc1cc(C(C)NC(=O)CCNC(=O)c2cccs2)ccc1OC1CCCC1. The molecule has 0 aliphatic heterocycles. The van der Waals surface area contributed by atoms with Gasteiger partial charge in [0, 0.05) is 13.0 Å². The summed E-state index contributed by atoms with van der Waals surface area (Å²) in [5, 5.41) is 7.58. The number of benzene rings is 1. The van der Waals surface area contributed by atoms with Gasteiger partial charge in [0.25, 0.3) is 5.91 Å². The zero-order valence-corrected chi connectivity index (χ0v) is 17.7. The Morgan fingerprint density at radius 3 is 2.69 bits per heavy atom. The smallest absolute Gasteiger partial charge is 0.261 e. The van der Waals surface area contributed by atoms with E-state index in [9.17, 15) is 9.59 Å². The molecule has 3 rings (SSSR count). The van der Waals surface area contributed by atoms with Crippen LogP contribution in [0.15, 0.2) is 35.7 Å². The predicted molar refractivity (Wildman–Crippen MR) is 114 cm³/mol. The zero-order chi connectivity index (χ0) is 20.6. The molecular formula is C22H28N2O4S. The van der Waals surface area contributed by atoms with Crippen molar-refractivity contribution < 1.29 is 19.1 Å². The average Bonchev–Trinajstić information content (AvgIpc) is 3.42. The summed E-state index contributed by atoms with van der Waals surface area (Å²) in [4.78, 5) is 24.8. The molecular weight excluding hydrogens is 388 g/mol. The van der Waals surface area contributed by atoms with Gasteiger partial charge in [0.05, 0.1) is 24.1 Å². The van der Waals surface area contributed by atoms with Crippen LogP contribution in [0, 0.1) is 0 Å². The Labute approximate surface area is 175 Å². The molecule has 0 saturated heterocycles. The minimum atomic E-state index is -0.176. The van der Waals surface area contributed by atoms with Gasteiger partial charge >= 0.3 is 0 Å². The van der Waals surface area contributed by atoms with Gasteiger partial charge in [-0.2, -0.15) is 0 Å². The van der Waals surface area contributed by atoms with Crippen molar-refractivity contribution >= 4 is 23.2 Å². The number of methoxy groups -OCH3 is 1. The van der Waals surface area contributed by atoms with E-state index in [0.29, 0.717) is 17.2 Å². The molecule has 0 spiro atoms. The molecule has 2 amide bonds. The zero-order valence-electron chi connectivity index (χ0n) is 16.9. The van der Waals surface area contributed by atoms with Crippen LogP contribution in [0.4, 0.5) is 0 Å². The van der Waals surface area contributed by atoms with Gasteiger partial charge in [-0.1, -0.05) is 12.1 Å². The van der Waals surface area contributed by atoms with E-state index in [1.165, 1.54) is 24.2 Å². The summed E-state index contributed by atoms with van der Waals surface area (Å²) in [5.41, 5.74) is 0.941. The third-order valence-corrected chi connectivity index (χ3v) is 5.91. The second-order valence-corrected chi connectivity index (χ2v) is 8.15. The summed E-state index contributed by atoms with van der Waals surface area (Å²) in [7, 11) is 1.63. The maximum atomic E-state index is 12.2. The molecule has 0 bridgehead atoms. The molecule has 1 unspecified atom stereocenters. The molecule has 1 aromatic carbocycles. The molecule has 0 radical (unpaired) electrons. The number of carbonyl (C=O) groups is 2. The predicted octanol–water partition coefficient (Wildman–Crippen LogP) is 4.08. The van der Waals surface area contributed by atoms with Crippen LogP contribution in [0.5, 0.6) is 11.5 Å². The molecule has 29 heavy (non-hydrogen) atoms. The normalized spacial score (nSPS) is 15.0. The summed E-state index contributed by atoms with van der Waals surface area (Å²) in [5.74, 6) is 1.16. The average molecular weight is 417 g/mol. The molecule has 1 aliphatic rings. The highest BCUT2D eigenvalue weighted by Gasteiger charge is 2.19. The third kappa shape index (κ3) is 5.97. The summed E-state index contributed by atoms with van der Waals surface area (Å²) in [6.45, 7) is 2.22. The van der Waals surface area contributed by atoms with Crippen molar-refractivity contribution in [3.8, 4) is 11.5 Å². The van der Waals surface area contributed by atoms with E-state index in [1.807, 2.05) is 36.6 Å². The first-order valence-electron chi connectivity index (χ1n) is 10.0. The van der Waals surface area contributed by atoms with Crippen LogP contribution in [0.3, 0.4) is 0 Å². The Balaban J connectivity index is 1.49. The van der Waals surface area contributed by atoms with Crippen LogP contribution in [0.1, 0.15) is 60.3 Å². The number of carbonyl (C=O) groups excluding carboxylic acids is 2. The van der Waals surface area contributed by atoms with Crippen LogP contribution in [-0.2, 0) is 4.79 Å². The Kier molecular flexibility index (Phi) is 7.52. The largest absolute Gasteiger partial charge is 0.493 e. The quantitative estimate of drug-likeness (QED) is 0.646. The van der Waals surface area contributed by atoms with Crippen molar-refractivity contribution in [3.63, 3.8) is 0 Å². The van der Waals surface area contributed by atoms with Crippen molar-refractivity contribution in [2.24, 2.45) is 0 Å². The lowest BCUT2D eigenvalue weighted by atomic mass is 10.1. The van der Waals surface area contributed by atoms with Gasteiger partial charge in [-0.15, -0.1) is 11.3 Å². The Morgan fingerprint density at radius 1 is 1.21 bits per heavy atom. The lowest BCUT2D eigenvalue weighted by Gasteiger charge is -2.19. The van der Waals surface area contributed by atoms with Crippen molar-refractivity contribution in [3.05, 3.63) is 46.2 Å².